The van der Waals surface area contributed by atoms with Gasteiger partial charge < -0.3 is 15.3 Å². The van der Waals surface area contributed by atoms with Gasteiger partial charge in [-0.3, -0.25) is 4.79 Å². The van der Waals surface area contributed by atoms with Gasteiger partial charge in [-0.15, -0.1) is 0 Å². The van der Waals surface area contributed by atoms with Crippen molar-refractivity contribution in [2.24, 2.45) is 5.92 Å². The molecule has 5 heteroatoms. The van der Waals surface area contributed by atoms with E-state index in [4.69, 9.17) is 5.11 Å². The van der Waals surface area contributed by atoms with E-state index in [1.165, 1.54) is 32.1 Å². The fourth-order valence-electron chi connectivity index (χ4n) is 2.97. The maximum absolute atomic E-state index is 12.5. The summed E-state index contributed by atoms with van der Waals surface area (Å²) in [6, 6.07) is -0.00528. The van der Waals surface area contributed by atoms with E-state index in [1.807, 2.05) is 20.8 Å². The molecule has 0 radical (unpaired) electrons. The van der Waals surface area contributed by atoms with Crippen molar-refractivity contribution >= 4 is 12.0 Å². The van der Waals surface area contributed by atoms with Crippen LogP contribution in [0.5, 0.6) is 0 Å². The molecule has 1 rings (SSSR count). The average Bonchev–Trinajstić information content (AvgIpc) is 2.37. The molecule has 1 unspecified atom stereocenters. The summed E-state index contributed by atoms with van der Waals surface area (Å²) in [6.07, 6.45) is 6.10. The molecule has 0 aliphatic heterocycles. The zero-order valence-corrected chi connectivity index (χ0v) is 13.8. The highest BCUT2D eigenvalue weighted by molar-refractivity contribution is 5.76. The number of urea groups is 1. The predicted octanol–water partition coefficient (Wildman–Crippen LogP) is 3.24. The monoisotopic (exact) mass is 298 g/mol. The van der Waals surface area contributed by atoms with E-state index in [-0.39, 0.29) is 30.6 Å². The van der Waals surface area contributed by atoms with E-state index in [0.29, 0.717) is 5.92 Å². The molecule has 0 aromatic carbocycles. The van der Waals surface area contributed by atoms with Crippen LogP contribution in [0.15, 0.2) is 0 Å². The van der Waals surface area contributed by atoms with E-state index in [9.17, 15) is 9.59 Å². The molecule has 1 saturated carbocycles. The Morgan fingerprint density at radius 3 is 2.29 bits per heavy atom. The van der Waals surface area contributed by atoms with Crippen molar-refractivity contribution in [2.75, 3.05) is 6.54 Å². The van der Waals surface area contributed by atoms with Gasteiger partial charge in [0.15, 0.2) is 0 Å². The summed E-state index contributed by atoms with van der Waals surface area (Å²) < 4.78 is 0. The highest BCUT2D eigenvalue weighted by atomic mass is 16.4. The smallest absolute Gasteiger partial charge is 0.318 e. The third-order valence-corrected chi connectivity index (χ3v) is 4.31. The second-order valence-electron chi connectivity index (χ2n) is 7.10. The highest BCUT2D eigenvalue weighted by Crippen LogP contribution is 2.26. The Balaban J connectivity index is 2.60. The quantitative estimate of drug-likeness (QED) is 0.818. The molecule has 0 heterocycles. The van der Waals surface area contributed by atoms with Crippen LogP contribution in [0, 0.1) is 5.92 Å². The molecule has 1 aliphatic carbocycles. The minimum absolute atomic E-state index is 0.0253. The minimum Gasteiger partial charge on any atom is -0.481 e. The number of rotatable bonds is 5. The lowest BCUT2D eigenvalue weighted by atomic mass is 9.84. The largest absolute Gasteiger partial charge is 0.481 e. The molecule has 2 amide bonds. The van der Waals surface area contributed by atoms with Gasteiger partial charge in [-0.2, -0.15) is 0 Å². The first-order valence-electron chi connectivity index (χ1n) is 8.01. The highest BCUT2D eigenvalue weighted by Gasteiger charge is 2.29. The third kappa shape index (κ3) is 5.94. The van der Waals surface area contributed by atoms with Crippen LogP contribution in [0.25, 0.3) is 0 Å². The maximum atomic E-state index is 12.5. The Kier molecular flexibility index (Phi) is 6.49. The molecule has 0 bridgehead atoms. The summed E-state index contributed by atoms with van der Waals surface area (Å²) in [6.45, 7) is 8.09. The van der Waals surface area contributed by atoms with E-state index in [0.717, 1.165) is 0 Å². The zero-order chi connectivity index (χ0) is 16.0. The Bertz CT molecular complexity index is 357. The van der Waals surface area contributed by atoms with Crippen LogP contribution in [-0.2, 0) is 4.79 Å². The van der Waals surface area contributed by atoms with E-state index >= 15 is 0 Å². The predicted molar refractivity (Wildman–Crippen MR) is 83.3 cm³/mol. The van der Waals surface area contributed by atoms with Crippen molar-refractivity contribution in [1.29, 1.82) is 0 Å². The molecular weight excluding hydrogens is 268 g/mol. The third-order valence-electron chi connectivity index (χ3n) is 4.31. The second kappa shape index (κ2) is 7.66. The number of nitrogens with zero attached hydrogens (tertiary/aromatic N) is 1. The van der Waals surface area contributed by atoms with Gasteiger partial charge in [0.25, 0.3) is 0 Å². The zero-order valence-electron chi connectivity index (χ0n) is 13.8. The van der Waals surface area contributed by atoms with Crippen LogP contribution in [0.2, 0.25) is 0 Å². The fourth-order valence-corrected chi connectivity index (χ4v) is 2.97. The van der Waals surface area contributed by atoms with Crippen LogP contribution in [0.3, 0.4) is 0 Å². The van der Waals surface area contributed by atoms with E-state index in [2.05, 4.69) is 12.2 Å². The van der Waals surface area contributed by atoms with Gasteiger partial charge >= 0.3 is 12.0 Å². The minimum atomic E-state index is -0.877. The number of hydrogen-bond donors (Lipinski definition) is 2. The molecule has 122 valence electrons. The van der Waals surface area contributed by atoms with Gasteiger partial charge in [-0.25, -0.2) is 4.79 Å². The average molecular weight is 298 g/mol. The number of carbonyl (C=O) groups excluding carboxylic acids is 1. The summed E-state index contributed by atoms with van der Waals surface area (Å²) >= 11 is 0. The Morgan fingerprint density at radius 2 is 1.81 bits per heavy atom. The molecule has 0 saturated heterocycles. The first-order chi connectivity index (χ1) is 9.71. The van der Waals surface area contributed by atoms with Gasteiger partial charge in [0.05, 0.1) is 6.42 Å². The lowest BCUT2D eigenvalue weighted by Gasteiger charge is -2.37. The van der Waals surface area contributed by atoms with Gasteiger partial charge in [-0.1, -0.05) is 19.3 Å². The lowest BCUT2D eigenvalue weighted by molar-refractivity contribution is -0.137. The molecule has 1 fully saturated rings. The van der Waals surface area contributed by atoms with Gasteiger partial charge in [0.2, 0.25) is 0 Å². The van der Waals surface area contributed by atoms with Gasteiger partial charge in [0.1, 0.15) is 0 Å². The first-order valence-corrected chi connectivity index (χ1v) is 8.01. The second-order valence-corrected chi connectivity index (χ2v) is 7.10. The van der Waals surface area contributed by atoms with Crippen molar-refractivity contribution in [2.45, 2.75) is 77.8 Å². The number of nitrogens with one attached hydrogen (secondary N) is 1. The Labute approximate surface area is 128 Å². The van der Waals surface area contributed by atoms with Crippen molar-refractivity contribution in [3.63, 3.8) is 0 Å². The number of hydrogen-bond acceptors (Lipinski definition) is 2. The molecule has 0 spiro atoms. The maximum Gasteiger partial charge on any atom is 0.318 e. The molecular formula is C16H30N2O3. The van der Waals surface area contributed by atoms with Crippen molar-refractivity contribution in [3.8, 4) is 0 Å². The SMILES string of the molecule is CC(NC(=O)N(CCC(=O)O)C(C)(C)C)C1CCCCC1. The number of carbonyl (C=O) groups is 2. The number of carboxylic acids is 1. The Morgan fingerprint density at radius 1 is 1.24 bits per heavy atom. The molecule has 1 atom stereocenters. The van der Waals surface area contributed by atoms with Crippen molar-refractivity contribution < 1.29 is 14.7 Å². The summed E-state index contributed by atoms with van der Waals surface area (Å²) in [7, 11) is 0. The summed E-state index contributed by atoms with van der Waals surface area (Å²) in [5.41, 5.74) is -0.383. The van der Waals surface area contributed by atoms with E-state index < -0.39 is 5.97 Å². The fraction of sp³-hybridized carbons (Fsp3) is 0.875. The van der Waals surface area contributed by atoms with E-state index in [1.54, 1.807) is 4.90 Å². The molecule has 0 aromatic heterocycles. The summed E-state index contributed by atoms with van der Waals surface area (Å²) in [5, 5.41) is 11.9. The van der Waals surface area contributed by atoms with Gasteiger partial charge in [-0.05, 0) is 46.5 Å². The number of amides is 2. The topological polar surface area (TPSA) is 69.6 Å². The Hall–Kier alpha value is -1.26. The summed E-state index contributed by atoms with van der Waals surface area (Å²) in [4.78, 5) is 24.9. The van der Waals surface area contributed by atoms with Crippen LogP contribution >= 0.6 is 0 Å². The molecule has 1 aliphatic rings. The van der Waals surface area contributed by atoms with Gasteiger partial charge in [0, 0.05) is 18.1 Å². The van der Waals surface area contributed by atoms with Crippen molar-refractivity contribution in [1.82, 2.24) is 10.2 Å². The first kappa shape index (κ1) is 17.8. The molecule has 0 aromatic rings. The van der Waals surface area contributed by atoms with Crippen LogP contribution < -0.4 is 5.32 Å². The molecule has 2 N–H and O–H groups in total. The van der Waals surface area contributed by atoms with Crippen LogP contribution in [0.4, 0.5) is 4.79 Å². The van der Waals surface area contributed by atoms with Crippen molar-refractivity contribution in [3.05, 3.63) is 0 Å². The molecule has 21 heavy (non-hydrogen) atoms. The number of aliphatic carboxylic acids is 1. The van der Waals surface area contributed by atoms with Crippen LogP contribution in [0.1, 0.15) is 66.2 Å². The molecule has 5 nitrogen and oxygen atoms in total. The normalized spacial score (nSPS) is 18.1. The standard InChI is InChI=1S/C16H30N2O3/c1-12(13-8-6-5-7-9-13)17-15(21)18(16(2,3)4)11-10-14(19)20/h12-13H,5-11H2,1-4H3,(H,17,21)(H,19,20). The number of carboxylic acid groups (broad SMARTS) is 1. The lowest BCUT2D eigenvalue weighted by Crippen LogP contribution is -2.54. The summed E-state index contributed by atoms with van der Waals surface area (Å²) in [5.74, 6) is -0.332. The van der Waals surface area contributed by atoms with Crippen LogP contribution in [-0.4, -0.2) is 40.1 Å².